The van der Waals surface area contributed by atoms with Crippen LogP contribution < -0.4 is 49.4 Å². The number of amides is 1. The number of nitrogens with one attached hydrogen (secondary N) is 1. The van der Waals surface area contributed by atoms with Crippen molar-refractivity contribution in [3.63, 3.8) is 0 Å². The molecular formula is C81H105FN22O31P4. The first-order chi connectivity index (χ1) is 66.5. The van der Waals surface area contributed by atoms with Gasteiger partial charge in [-0.25, -0.2) is 77.3 Å². The van der Waals surface area contributed by atoms with Gasteiger partial charge in [-0.15, -0.1) is 13.2 Å². The molecule has 752 valence electrons. The number of nitriles is 1. The first-order valence-corrected chi connectivity index (χ1v) is 47.7. The van der Waals surface area contributed by atoms with Gasteiger partial charge in [0.1, 0.15) is 115 Å². The topological polar surface area (TPSA) is 757 Å². The lowest BCUT2D eigenvalue weighted by Gasteiger charge is -2.24. The molecule has 6 aliphatic rings. The van der Waals surface area contributed by atoms with Crippen LogP contribution in [0.2, 0.25) is 0 Å². The van der Waals surface area contributed by atoms with Crippen molar-refractivity contribution < 1.29 is 143 Å². The molecule has 1 amide bonds. The number of Topliss-reactive ketones (excluding diaryl/α,β-unsaturated/α-hetero) is 1. The van der Waals surface area contributed by atoms with Gasteiger partial charge in [0.2, 0.25) is 5.91 Å². The molecule has 53 nitrogen and oxygen atoms in total. The highest BCUT2D eigenvalue weighted by molar-refractivity contribution is 7.47. The number of aromatic nitrogens is 12. The number of ether oxygens (including phenoxy) is 6. The summed E-state index contributed by atoms with van der Waals surface area (Å²) in [6, 6.07) is 19.5. The lowest BCUT2D eigenvalue weighted by molar-refractivity contribution is -0.151. The Morgan fingerprint density at radius 1 is 0.583 bits per heavy atom. The predicted octanol–water partition coefficient (Wildman–Crippen LogP) is 3.40. The van der Waals surface area contributed by atoms with Crippen LogP contribution in [0.5, 0.6) is 0 Å². The average Bonchev–Trinajstić information content (AvgIpc) is 1.61. The first kappa shape index (κ1) is 107. The molecule has 16 atom stereocenters. The monoisotopic (exact) mass is 2030 g/mol. The Hall–Kier alpha value is -11.9. The molecule has 58 heteroatoms. The number of fused-ring (bicyclic) bond motifs is 2. The Bertz CT molecular complexity index is 6260. The number of carbonyl (C=O) groups excluding carboxylic acids is 4. The molecule has 12 heterocycles. The van der Waals surface area contributed by atoms with Crippen LogP contribution in [0, 0.1) is 11.3 Å². The van der Waals surface area contributed by atoms with Gasteiger partial charge in [0.05, 0.1) is 52.8 Å². The molecule has 14 rings (SSSR count). The van der Waals surface area contributed by atoms with Crippen LogP contribution in [0.1, 0.15) is 109 Å². The normalized spacial score (nSPS) is 23.1. The highest BCUT2D eigenvalue weighted by atomic mass is 31.2. The number of nitrogen functional groups attached to an aromatic ring is 4. The molecule has 0 spiro atoms. The van der Waals surface area contributed by atoms with Crippen molar-refractivity contribution in [3.05, 3.63) is 167 Å². The summed E-state index contributed by atoms with van der Waals surface area (Å²) in [4.78, 5) is 179. The van der Waals surface area contributed by atoms with Gasteiger partial charge in [0, 0.05) is 110 Å². The quantitative estimate of drug-likeness (QED) is 0.0149. The fourth-order valence-electron chi connectivity index (χ4n) is 14.7. The molecular weight excluding hydrogens is 1920 g/mol. The van der Waals surface area contributed by atoms with Crippen molar-refractivity contribution in [1.82, 2.24) is 63.5 Å². The largest absolute Gasteiger partial charge is 0.472 e. The van der Waals surface area contributed by atoms with Gasteiger partial charge in [0.25, 0.3) is 0 Å². The SMILES string of the molecule is C=CCCC(=O)CCC1=NC(C(=O)OCC#N)=C(c2ccc(N(C)C)cc2)C1.C=CCCC(=O)NCC1=NC(C(=O)OC2[C@@H](COP(=O)(O)OC3C[C@H](n4ccc(N)nc4=O)O[C@@H]3COP(=O)(O)O)O[C@@H](n3cnc4c(N)ncnc43)[C@H]2O)=C(c2ccc(N(C)C)cc2)C1.CF.Nc1ccn([C@H]2CC(OP(=O)(O)OC[C@H]3O[C@@H](n4cnc5c(N)ncnc54)[C@@H](O)C3O)[C@@H](COP(=O)(O)O)O2)c(=O)n1.[2H]C. The van der Waals surface area contributed by atoms with Crippen molar-refractivity contribution in [1.29, 1.82) is 5.26 Å². The first-order valence-electron chi connectivity index (χ1n) is 42.7. The molecule has 2 aromatic carbocycles. The van der Waals surface area contributed by atoms with E-state index in [4.69, 9.17) is 85.9 Å². The van der Waals surface area contributed by atoms with Crippen LogP contribution in [-0.2, 0) is 93.0 Å². The van der Waals surface area contributed by atoms with Crippen molar-refractivity contribution in [2.45, 2.75) is 158 Å². The smallest absolute Gasteiger partial charge is 0.452 e. The van der Waals surface area contributed by atoms with Crippen LogP contribution in [0.25, 0.3) is 33.5 Å². The molecule has 6 unspecified atom stereocenters. The van der Waals surface area contributed by atoms with E-state index in [-0.39, 0.29) is 108 Å². The van der Waals surface area contributed by atoms with Crippen LogP contribution in [0.4, 0.5) is 39.0 Å². The lowest BCUT2D eigenvalue weighted by Crippen LogP contribution is -2.38. The molecule has 0 bridgehead atoms. The van der Waals surface area contributed by atoms with E-state index in [1.165, 1.54) is 60.0 Å². The summed E-state index contributed by atoms with van der Waals surface area (Å²) in [6.07, 6.45) is -6.62. The minimum Gasteiger partial charge on any atom is -0.452 e. The number of anilines is 6. The van der Waals surface area contributed by atoms with Crippen LogP contribution in [0.3, 0.4) is 0 Å². The predicted molar refractivity (Wildman–Crippen MR) is 491 cm³/mol. The van der Waals surface area contributed by atoms with Gasteiger partial charge in [-0.05, 0) is 77.9 Å². The number of hydrogen-bond acceptors (Lipinski definition) is 42. The number of benzene rings is 2. The van der Waals surface area contributed by atoms with Crippen molar-refractivity contribution >= 4 is 134 Å². The van der Waals surface area contributed by atoms with E-state index >= 15 is 0 Å². The highest BCUT2D eigenvalue weighted by Crippen LogP contribution is 2.53. The molecule has 0 aliphatic carbocycles. The van der Waals surface area contributed by atoms with E-state index in [0.717, 1.165) is 43.7 Å². The Kier molecular flexibility index (Phi) is 37.3. The maximum atomic E-state index is 14.3. The number of aliphatic hydroxyl groups is 3. The minimum atomic E-state index is -5.24. The van der Waals surface area contributed by atoms with Gasteiger partial charge in [0.15, 0.2) is 59.5 Å². The molecule has 0 radical (unpaired) electrons. The third-order valence-corrected chi connectivity index (χ3v) is 24.4. The molecule has 139 heavy (non-hydrogen) atoms. The summed E-state index contributed by atoms with van der Waals surface area (Å²) >= 11 is 0. The standard InChI is InChI=1S/C38H47N11O15P2.C22H25N3O3.C19H26N8O13P2.CH3F.CH4/c1-4-5-6-28(50)41-15-21-13-23(20-7-9-22(10-8-20)47(2)3)30(45-21)37(52)63-33-26(62-36(32(33)51)49-19-44-31-34(40)42-18-43-35(31)49)17-60-66(57,58)64-24-14-29(48-12-11-27(39)46-38(48)53)61-25(24)16-59-65(54,55)56;1-4-5-6-19(26)12-9-17-15-20(21(24-17)22(27)28-14-13-23)16-7-10-18(11-8-16)25(2)3;20-11-1-2-26(19(30)25-11)12-3-8(9(38-12)4-36-41(31,32)33)40-42(34,35)37-5-10-14(28)15(29)18(39-10)27-7-24-13-16(21)22-6-23-17(13)27;1-2;/h4,7-12,18-19,24-26,29,32-33,36,51H,1,5-6,13-17H2,2-3H3,(H,41,50)(H,57,58)(H2,39,46,53)(H2,40,42,43)(H2,54,55,56);4,7-8,10-11H,1,5-6,9,12,14-15H2,2-3H3;1-2,6-10,12,14-15,18,28-29H,3-5H2,(H,34,35)(H2,20,25,30)(H2,21,22,23)(H2,31,32,33);1H3;1H4/t24?,25-,26-,29-,32+,33?,36-;;8?,9-,10-,12-,14?,15+,18-;;/m1.1../s1/i;;;;1D. The zero-order valence-electron chi connectivity index (χ0n) is 76.3. The van der Waals surface area contributed by atoms with Crippen molar-refractivity contribution in [3.8, 4) is 6.07 Å². The number of esters is 2. The summed E-state index contributed by atoms with van der Waals surface area (Å²) in [5, 5.41) is 44.4. The second-order valence-electron chi connectivity index (χ2n) is 31.3. The molecule has 4 saturated heterocycles. The maximum Gasteiger partial charge on any atom is 0.472 e. The number of hydrogen-bond donors (Lipinski definition) is 14. The average molecular weight is 2030 g/mol. The number of carbonyl (C=O) groups is 4. The second kappa shape index (κ2) is 48.3. The van der Waals surface area contributed by atoms with Crippen LogP contribution in [0.15, 0.2) is 155 Å². The Morgan fingerprint density at radius 2 is 1.02 bits per heavy atom. The maximum absolute atomic E-state index is 14.3. The van der Waals surface area contributed by atoms with E-state index in [1.807, 2.05) is 74.4 Å². The molecule has 6 aliphatic heterocycles. The minimum absolute atomic E-state index is 0.0108. The number of ketones is 1. The summed E-state index contributed by atoms with van der Waals surface area (Å²) in [7, 11) is -10.9. The Morgan fingerprint density at radius 3 is 1.48 bits per heavy atom. The number of nitrogens with zero attached hydrogens (tertiary/aromatic N) is 17. The Balaban J connectivity index is 0.000000232. The van der Waals surface area contributed by atoms with Crippen molar-refractivity contribution in [2.75, 3.05) is 108 Å². The van der Waals surface area contributed by atoms with E-state index in [2.05, 4.69) is 77.4 Å². The summed E-state index contributed by atoms with van der Waals surface area (Å²) < 4.78 is 133. The summed E-state index contributed by atoms with van der Waals surface area (Å²) in [6.45, 7) is 3.69. The number of phosphoric acid groups is 4. The number of aliphatic hydroxyl groups excluding tert-OH is 3. The zero-order valence-corrected chi connectivity index (χ0v) is 78.9. The third kappa shape index (κ3) is 28.7. The van der Waals surface area contributed by atoms with E-state index in [1.54, 1.807) is 30.4 Å². The highest BCUT2D eigenvalue weighted by Gasteiger charge is 2.52. The van der Waals surface area contributed by atoms with Gasteiger partial charge in [-0.3, -0.25) is 59.4 Å². The van der Waals surface area contributed by atoms with Gasteiger partial charge in [-0.2, -0.15) is 15.2 Å². The van der Waals surface area contributed by atoms with Crippen LogP contribution in [-0.4, -0.2) is 274 Å². The molecule has 18 N–H and O–H groups in total. The number of rotatable bonds is 39. The molecule has 0 saturated carbocycles. The second-order valence-corrected chi connectivity index (χ2v) is 36.6. The number of aliphatic imine (C=N–C) groups is 2. The third-order valence-electron chi connectivity index (χ3n) is 21.4. The number of phosphoric ester groups is 4. The fourth-order valence-corrected chi connectivity index (χ4v) is 17.3. The number of halogens is 1. The van der Waals surface area contributed by atoms with Crippen molar-refractivity contribution in [2.24, 2.45) is 9.98 Å². The van der Waals surface area contributed by atoms with E-state index < -0.39 is 167 Å². The van der Waals surface area contributed by atoms with Gasteiger partial charge < -0.3 is 111 Å². The molecule has 8 aromatic rings. The van der Waals surface area contributed by atoms with Gasteiger partial charge >= 0.3 is 54.6 Å². The molecule has 6 aromatic heterocycles. The van der Waals surface area contributed by atoms with Gasteiger partial charge in [-0.1, -0.05) is 43.8 Å². The summed E-state index contributed by atoms with van der Waals surface area (Å²) in [5.74, 6) is -1.82. The Labute approximate surface area is 791 Å². The number of imidazole rings is 2. The zero-order chi connectivity index (χ0) is 102. The van der Waals surface area contributed by atoms with E-state index in [9.17, 15) is 86.3 Å². The number of allylic oxidation sites excluding steroid dienone is 4. The lowest BCUT2D eigenvalue weighted by atomic mass is 9.98. The number of alkyl halides is 1. The number of nitrogens with two attached hydrogens (primary N) is 4. The molecule has 4 fully saturated rings. The fraction of sp³-hybridized carbons (Fsp3) is 0.444. The van der Waals surface area contributed by atoms with Crippen LogP contribution >= 0.6 is 31.3 Å². The van der Waals surface area contributed by atoms with E-state index in [0.29, 0.717) is 62.6 Å². The summed E-state index contributed by atoms with van der Waals surface area (Å²) in [5.41, 5.74) is 27.8.